The molecule has 0 radical (unpaired) electrons. The number of halogens is 7. The minimum Gasteiger partial charge on any atom is -0.0859 e. The maximum atomic E-state index is 6.47. The van der Waals surface area contributed by atoms with Crippen LogP contribution in [0.3, 0.4) is 0 Å². The fourth-order valence-electron chi connectivity index (χ4n) is 1.46. The molecule has 0 unspecified atom stereocenters. The van der Waals surface area contributed by atoms with Crippen molar-refractivity contribution < 1.29 is 0 Å². The van der Waals surface area contributed by atoms with Gasteiger partial charge in [-0.3, -0.25) is 0 Å². The summed E-state index contributed by atoms with van der Waals surface area (Å²) in [6.45, 7) is 0. The van der Waals surface area contributed by atoms with Gasteiger partial charge in [0.25, 0.3) is 0 Å². The number of benzene rings is 2. The van der Waals surface area contributed by atoms with E-state index in [2.05, 4.69) is 0 Å². The molecular weight excluding hydrogens is 423 g/mol. The van der Waals surface area contributed by atoms with Crippen molar-refractivity contribution in [2.45, 2.75) is 0 Å². The molecule has 20 heavy (non-hydrogen) atoms. The van der Waals surface area contributed by atoms with Gasteiger partial charge in [0.15, 0.2) is 0 Å². The van der Waals surface area contributed by atoms with Crippen LogP contribution >= 0.6 is 88.1 Å². The van der Waals surface area contributed by atoms with Crippen LogP contribution < -0.4 is 10.6 Å². The van der Waals surface area contributed by atoms with Crippen molar-refractivity contribution in [3.63, 3.8) is 0 Å². The summed E-state index contributed by atoms with van der Waals surface area (Å²) in [6, 6.07) is 6.69. The minimum absolute atomic E-state index is 0.296. The zero-order valence-corrected chi connectivity index (χ0v) is 15.6. The smallest absolute Gasteiger partial charge is 0.0778 e. The molecule has 2 aromatic rings. The Bertz CT molecular complexity index is 567. The van der Waals surface area contributed by atoms with Gasteiger partial charge in [0, 0.05) is 0 Å². The summed E-state index contributed by atoms with van der Waals surface area (Å²) in [5, 5.41) is 3.45. The molecule has 0 spiro atoms. The van der Waals surface area contributed by atoms with Crippen molar-refractivity contribution in [2.75, 3.05) is 0 Å². The van der Waals surface area contributed by atoms with E-state index in [1.54, 1.807) is 24.3 Å². The third-order valence-corrected chi connectivity index (χ3v) is 7.38. The summed E-state index contributed by atoms with van der Waals surface area (Å²) in [4.78, 5) is 0. The Balaban J connectivity index is 2.49. The summed E-state index contributed by atoms with van der Waals surface area (Å²) in [5.74, 6) is 0. The zero-order chi connectivity index (χ0) is 15.0. The molecule has 0 N–H and O–H groups in total. The predicted octanol–water partition coefficient (Wildman–Crippen LogP) is 7.19. The average Bonchev–Trinajstić information content (AvgIpc) is 2.40. The second-order valence-electron chi connectivity index (χ2n) is 3.73. The Kier molecular flexibility index (Phi) is 6.03. The van der Waals surface area contributed by atoms with E-state index in [1.807, 2.05) is 0 Å². The quantitative estimate of drug-likeness (QED) is 0.351. The Labute approximate surface area is 152 Å². The van der Waals surface area contributed by atoms with Crippen LogP contribution in [0.1, 0.15) is 0 Å². The van der Waals surface area contributed by atoms with Crippen LogP contribution in [-0.2, 0) is 0 Å². The summed E-state index contributed by atoms with van der Waals surface area (Å²) >= 11 is 42.3. The zero-order valence-electron chi connectivity index (χ0n) is 9.40. The first-order chi connectivity index (χ1) is 9.31. The third-order valence-electron chi connectivity index (χ3n) is 2.39. The topological polar surface area (TPSA) is 0 Å². The molecule has 2 rings (SSSR count). The van der Waals surface area contributed by atoms with Gasteiger partial charge in [0.05, 0.1) is 37.4 Å². The SMILES string of the molecule is Clc1cc(P(Cl)c2cc(Cl)c(Cl)c(Cl)c2)cc(Cl)c1Cl. The van der Waals surface area contributed by atoms with Gasteiger partial charge in [-0.1, -0.05) is 80.8 Å². The first kappa shape index (κ1) is 17.3. The molecule has 0 fully saturated rings. The predicted molar refractivity (Wildman–Crippen MR) is 95.0 cm³/mol. The van der Waals surface area contributed by atoms with E-state index in [0.717, 1.165) is 10.6 Å². The number of rotatable bonds is 2. The molecular formula is C12H4Cl7P. The molecule has 0 aliphatic carbocycles. The van der Waals surface area contributed by atoms with Gasteiger partial charge >= 0.3 is 0 Å². The van der Waals surface area contributed by atoms with Crippen molar-refractivity contribution >= 4 is 98.7 Å². The molecule has 2 aromatic carbocycles. The van der Waals surface area contributed by atoms with Gasteiger partial charge in [0.2, 0.25) is 0 Å². The Morgan fingerprint density at radius 3 is 1.05 bits per heavy atom. The van der Waals surface area contributed by atoms with E-state index < -0.39 is 7.27 Å². The molecule has 0 aliphatic rings. The van der Waals surface area contributed by atoms with Crippen LogP contribution in [0.2, 0.25) is 30.1 Å². The van der Waals surface area contributed by atoms with E-state index >= 15 is 0 Å². The highest BCUT2D eigenvalue weighted by Crippen LogP contribution is 2.44. The van der Waals surface area contributed by atoms with E-state index in [-0.39, 0.29) is 0 Å². The highest BCUT2D eigenvalue weighted by atomic mass is 35.7. The van der Waals surface area contributed by atoms with Crippen LogP contribution in [0.4, 0.5) is 0 Å². The van der Waals surface area contributed by atoms with E-state index in [1.165, 1.54) is 0 Å². The Hall–Kier alpha value is 0.900. The van der Waals surface area contributed by atoms with Crippen LogP contribution in [0.5, 0.6) is 0 Å². The fraction of sp³-hybridized carbons (Fsp3) is 0. The molecule has 0 nitrogen and oxygen atoms in total. The van der Waals surface area contributed by atoms with Crippen LogP contribution in [0.15, 0.2) is 24.3 Å². The molecule has 0 heterocycles. The molecule has 0 saturated heterocycles. The van der Waals surface area contributed by atoms with Gasteiger partial charge in [-0.15, -0.1) is 0 Å². The van der Waals surface area contributed by atoms with Crippen LogP contribution in [0.25, 0.3) is 0 Å². The summed E-state index contributed by atoms with van der Waals surface area (Å²) < 4.78 is 0. The molecule has 0 aliphatic heterocycles. The Morgan fingerprint density at radius 2 is 0.800 bits per heavy atom. The lowest BCUT2D eigenvalue weighted by atomic mass is 10.3. The van der Waals surface area contributed by atoms with Crippen molar-refractivity contribution in [1.82, 2.24) is 0 Å². The van der Waals surface area contributed by atoms with Crippen molar-refractivity contribution in [2.24, 2.45) is 0 Å². The number of hydrogen-bond donors (Lipinski definition) is 0. The van der Waals surface area contributed by atoms with Gasteiger partial charge in [-0.05, 0) is 34.9 Å². The van der Waals surface area contributed by atoms with Gasteiger partial charge in [0.1, 0.15) is 0 Å². The third kappa shape index (κ3) is 3.62. The minimum atomic E-state index is -1.24. The lowest BCUT2D eigenvalue weighted by Crippen LogP contribution is -2.09. The van der Waals surface area contributed by atoms with Gasteiger partial charge < -0.3 is 0 Å². The van der Waals surface area contributed by atoms with Crippen LogP contribution in [-0.4, -0.2) is 0 Å². The molecule has 0 aromatic heterocycles. The van der Waals surface area contributed by atoms with Crippen molar-refractivity contribution in [1.29, 1.82) is 0 Å². The van der Waals surface area contributed by atoms with Crippen LogP contribution in [0, 0.1) is 0 Å². The monoisotopic (exact) mass is 424 g/mol. The second kappa shape index (κ2) is 6.99. The molecule has 0 saturated carbocycles. The summed E-state index contributed by atoms with van der Waals surface area (Å²) in [5.41, 5.74) is 0. The maximum absolute atomic E-state index is 6.47. The van der Waals surface area contributed by atoms with Crippen molar-refractivity contribution in [3.05, 3.63) is 54.4 Å². The lowest BCUT2D eigenvalue weighted by molar-refractivity contribution is 1.74. The molecule has 106 valence electrons. The lowest BCUT2D eigenvalue weighted by Gasteiger charge is -2.13. The normalized spacial score (nSPS) is 11.2. The summed E-state index contributed by atoms with van der Waals surface area (Å²) in [7, 11) is -1.24. The first-order valence-corrected chi connectivity index (χ1v) is 9.57. The van der Waals surface area contributed by atoms with E-state index in [0.29, 0.717) is 30.1 Å². The van der Waals surface area contributed by atoms with E-state index in [4.69, 9.17) is 80.8 Å². The Morgan fingerprint density at radius 1 is 0.550 bits per heavy atom. The standard InChI is InChI=1S/C12H4Cl7P/c13-7-1-5(2-8(14)11(7)17)20(19)6-3-9(15)12(18)10(16)4-6/h1-4H. The molecule has 8 heteroatoms. The maximum Gasteiger partial charge on any atom is 0.0778 e. The van der Waals surface area contributed by atoms with E-state index in [9.17, 15) is 0 Å². The molecule has 0 atom stereocenters. The largest absolute Gasteiger partial charge is 0.0859 e. The average molecular weight is 427 g/mol. The number of hydrogen-bond acceptors (Lipinski definition) is 0. The fourth-order valence-corrected chi connectivity index (χ4v) is 4.81. The summed E-state index contributed by atoms with van der Waals surface area (Å²) in [6.07, 6.45) is 0. The van der Waals surface area contributed by atoms with Gasteiger partial charge in [-0.2, -0.15) is 0 Å². The second-order valence-corrected chi connectivity index (χ2v) is 8.72. The molecule has 0 bridgehead atoms. The van der Waals surface area contributed by atoms with Gasteiger partial charge in [-0.25, -0.2) is 0 Å². The molecule has 0 amide bonds. The van der Waals surface area contributed by atoms with Crippen molar-refractivity contribution in [3.8, 4) is 0 Å². The highest BCUT2D eigenvalue weighted by molar-refractivity contribution is 7.95. The highest BCUT2D eigenvalue weighted by Gasteiger charge is 2.17. The first-order valence-electron chi connectivity index (χ1n) is 5.06.